The molecule has 0 spiro atoms. The number of aliphatic hydroxyl groups is 8. The van der Waals surface area contributed by atoms with Crippen LogP contribution in [0.1, 0.15) is 6.42 Å². The summed E-state index contributed by atoms with van der Waals surface area (Å²) in [6, 6.07) is -2.96. The van der Waals surface area contributed by atoms with Crippen molar-refractivity contribution in [3.63, 3.8) is 0 Å². The fourth-order valence-corrected chi connectivity index (χ4v) is 5.97. The van der Waals surface area contributed by atoms with Crippen LogP contribution in [0.4, 0.5) is 0 Å². The van der Waals surface area contributed by atoms with Gasteiger partial charge in [-0.05, 0) is 0 Å². The molecule has 19 heteroatoms. The van der Waals surface area contributed by atoms with E-state index in [1.165, 1.54) is 0 Å². The molecule has 0 aromatic carbocycles. The number of hydrogen-bond acceptors (Lipinski definition) is 14. The van der Waals surface area contributed by atoms with Crippen LogP contribution in [0.3, 0.4) is 0 Å². The lowest BCUT2D eigenvalue weighted by molar-refractivity contribution is -0.537. The van der Waals surface area contributed by atoms with Gasteiger partial charge >= 0.3 is 0 Å². The van der Waals surface area contributed by atoms with Gasteiger partial charge in [0.25, 0.3) is 0 Å². The normalized spacial score (nSPS) is 53.8. The topological polar surface area (TPSA) is 355 Å². The minimum atomic E-state index is -1.55. The van der Waals surface area contributed by atoms with Gasteiger partial charge in [-0.25, -0.2) is 0 Å². The second-order valence-electron chi connectivity index (χ2n) is 11.6. The van der Waals surface area contributed by atoms with Gasteiger partial charge in [0.1, 0.15) is 91.9 Å². The maximum absolute atomic E-state index is 11.2. The summed E-state index contributed by atoms with van der Waals surface area (Å²) in [5.74, 6) is 0. The van der Waals surface area contributed by atoms with Crippen molar-refractivity contribution in [1.29, 1.82) is 0 Å². The predicted molar refractivity (Wildman–Crippen MR) is 130 cm³/mol. The maximum Gasteiger partial charge on any atom is 0.214 e. The fourth-order valence-electron chi connectivity index (χ4n) is 5.97. The molecule has 3 saturated heterocycles. The lowest BCUT2D eigenvalue weighted by atomic mass is 9.84. The molecule has 0 radical (unpaired) electrons. The molecule has 42 heavy (non-hydrogen) atoms. The van der Waals surface area contributed by atoms with Crippen molar-refractivity contribution >= 4 is 0 Å². The monoisotopic (exact) mass is 620 g/mol. The van der Waals surface area contributed by atoms with Crippen molar-refractivity contribution in [3.05, 3.63) is 0 Å². The van der Waals surface area contributed by atoms with E-state index in [-0.39, 0.29) is 6.54 Å². The molecule has 3 heterocycles. The highest BCUT2D eigenvalue weighted by Gasteiger charge is 2.56. The van der Waals surface area contributed by atoms with Crippen LogP contribution in [0.15, 0.2) is 0 Å². The molecular formula is C23H50N5O14+5. The van der Waals surface area contributed by atoms with E-state index in [1.54, 1.807) is 0 Å². The van der Waals surface area contributed by atoms with Crippen LogP contribution < -0.4 is 28.7 Å². The minimum absolute atomic E-state index is 0.146. The zero-order chi connectivity index (χ0) is 31.0. The van der Waals surface area contributed by atoms with Gasteiger partial charge in [0, 0.05) is 0 Å². The third-order valence-electron chi connectivity index (χ3n) is 8.68. The van der Waals surface area contributed by atoms with Crippen molar-refractivity contribution in [2.24, 2.45) is 0 Å². The lowest BCUT2D eigenvalue weighted by Gasteiger charge is -2.44. The molecule has 1 aliphatic carbocycles. The van der Waals surface area contributed by atoms with E-state index in [9.17, 15) is 40.9 Å². The standard InChI is InChI=1S/C23H45N5O14/c24-2-7-13(32)15(34)10(27)21(37-7)40-18-6(26)1-5(25)12(31)20(18)42-23-17(36)19(9(4-30)39-23)41-22-11(28)16(35)14(33)8(3-29)38-22/h5-23,29-36H,1-4,24-28H2/p+5/t5-,6+,7-,8-,9-,10-,11-,12+,13-,14-,15-,16-,17-,18-,19-,20-,21-,22-,23+/m1/s1. The van der Waals surface area contributed by atoms with E-state index < -0.39 is 129 Å². The minimum Gasteiger partial charge on any atom is -0.394 e. The molecule has 0 aromatic heterocycles. The average Bonchev–Trinajstić information content (AvgIpc) is 3.27. The molecule has 0 bridgehead atoms. The van der Waals surface area contributed by atoms with Crippen LogP contribution in [-0.2, 0) is 28.4 Å². The molecule has 4 fully saturated rings. The molecular weight excluding hydrogens is 570 g/mol. The molecule has 1 saturated carbocycles. The zero-order valence-corrected chi connectivity index (χ0v) is 23.4. The lowest BCUT2D eigenvalue weighted by Crippen LogP contribution is -2.84. The Kier molecular flexibility index (Phi) is 11.5. The summed E-state index contributed by atoms with van der Waals surface area (Å²) in [5, 5.41) is 82.9. The average molecular weight is 621 g/mol. The Bertz CT molecular complexity index is 866. The first-order valence-electron chi connectivity index (χ1n) is 14.2. The Morgan fingerprint density at radius 3 is 1.55 bits per heavy atom. The molecule has 4 rings (SSSR count). The van der Waals surface area contributed by atoms with Gasteiger partial charge < -0.3 is 97.9 Å². The third-order valence-corrected chi connectivity index (χ3v) is 8.68. The first kappa shape index (κ1) is 34.1. The molecule has 0 aromatic rings. The maximum atomic E-state index is 11.2. The molecule has 0 amide bonds. The number of rotatable bonds is 9. The zero-order valence-electron chi connectivity index (χ0n) is 23.4. The van der Waals surface area contributed by atoms with Crippen molar-refractivity contribution in [1.82, 2.24) is 0 Å². The summed E-state index contributed by atoms with van der Waals surface area (Å²) in [4.78, 5) is 0. The summed E-state index contributed by atoms with van der Waals surface area (Å²) in [6.07, 6.45) is -18.1. The summed E-state index contributed by atoms with van der Waals surface area (Å²) >= 11 is 0. The SMILES string of the molecule is [NH3+]C[C@H]1O[C@H](O[C@H]2[C@H](O[C@@H]3O[C@H](CO)[C@@H](O[C@H]4O[C@H](CO)[C@@H](O)[C@H](O)[C@H]4[NH3+])[C@H]3O)[C@@H](O)[C@H]([NH3+])C[C@@H]2[NH3+])[C@H]([NH3+])[C@@H](O)[C@@H]1O. The second kappa shape index (κ2) is 14.1. The fraction of sp³-hybridized carbons (Fsp3) is 1.00. The van der Waals surface area contributed by atoms with Gasteiger partial charge in [0.05, 0.1) is 19.6 Å². The summed E-state index contributed by atoms with van der Waals surface area (Å²) < 4.78 is 35.2. The summed E-state index contributed by atoms with van der Waals surface area (Å²) in [7, 11) is 0. The quantitative estimate of drug-likeness (QED) is 0.114. The molecule has 23 N–H and O–H groups in total. The Morgan fingerprint density at radius 2 is 1.00 bits per heavy atom. The van der Waals surface area contributed by atoms with Crippen molar-refractivity contribution < 1.29 is 97.9 Å². The van der Waals surface area contributed by atoms with E-state index in [0.717, 1.165) is 0 Å². The largest absolute Gasteiger partial charge is 0.394 e. The number of quaternary nitrogens is 5. The number of hydrogen-bond donors (Lipinski definition) is 13. The van der Waals surface area contributed by atoms with Crippen LogP contribution in [0.25, 0.3) is 0 Å². The number of aliphatic hydroxyl groups excluding tert-OH is 8. The Balaban J connectivity index is 1.50. The summed E-state index contributed by atoms with van der Waals surface area (Å²) in [5.41, 5.74) is 19.4. The molecule has 0 unspecified atom stereocenters. The van der Waals surface area contributed by atoms with Crippen LogP contribution in [0.5, 0.6) is 0 Å². The van der Waals surface area contributed by atoms with E-state index in [1.807, 2.05) is 0 Å². The van der Waals surface area contributed by atoms with Gasteiger partial charge in [-0.15, -0.1) is 0 Å². The summed E-state index contributed by atoms with van der Waals surface area (Å²) in [6.45, 7) is -1.08. The van der Waals surface area contributed by atoms with Gasteiger partial charge in [-0.1, -0.05) is 0 Å². The molecule has 19 atom stereocenters. The highest BCUT2D eigenvalue weighted by molar-refractivity contribution is 4.98. The molecule has 19 nitrogen and oxygen atoms in total. The van der Waals surface area contributed by atoms with Crippen molar-refractivity contribution in [3.8, 4) is 0 Å². The smallest absolute Gasteiger partial charge is 0.214 e. The van der Waals surface area contributed by atoms with Crippen LogP contribution in [0.2, 0.25) is 0 Å². The van der Waals surface area contributed by atoms with Crippen molar-refractivity contribution in [2.75, 3.05) is 19.8 Å². The first-order valence-corrected chi connectivity index (χ1v) is 14.2. The van der Waals surface area contributed by atoms with E-state index in [4.69, 9.17) is 28.4 Å². The van der Waals surface area contributed by atoms with E-state index in [2.05, 4.69) is 28.7 Å². The van der Waals surface area contributed by atoms with Gasteiger partial charge in [-0.2, -0.15) is 0 Å². The van der Waals surface area contributed by atoms with Crippen LogP contribution >= 0.6 is 0 Å². The first-order chi connectivity index (χ1) is 19.8. The predicted octanol–water partition coefficient (Wildman–Crippen LogP) is -12.4. The van der Waals surface area contributed by atoms with Gasteiger partial charge in [0.15, 0.2) is 18.4 Å². The molecule has 3 aliphatic heterocycles. The van der Waals surface area contributed by atoms with Gasteiger partial charge in [0.2, 0.25) is 12.6 Å². The molecule has 246 valence electrons. The van der Waals surface area contributed by atoms with E-state index in [0.29, 0.717) is 6.42 Å². The van der Waals surface area contributed by atoms with Crippen LogP contribution in [-0.4, -0.2) is 177 Å². The number of ether oxygens (including phenoxy) is 6. The van der Waals surface area contributed by atoms with Gasteiger partial charge in [-0.3, -0.25) is 0 Å². The van der Waals surface area contributed by atoms with Crippen LogP contribution in [0, 0.1) is 0 Å². The second-order valence-corrected chi connectivity index (χ2v) is 11.6. The Morgan fingerprint density at radius 1 is 0.524 bits per heavy atom. The highest BCUT2D eigenvalue weighted by atomic mass is 16.8. The van der Waals surface area contributed by atoms with E-state index >= 15 is 0 Å². The Labute approximate surface area is 240 Å². The molecule has 4 aliphatic rings. The highest BCUT2D eigenvalue weighted by Crippen LogP contribution is 2.33. The Hall–Kier alpha value is -0.760. The van der Waals surface area contributed by atoms with Crippen molar-refractivity contribution in [2.45, 2.75) is 123 Å². The third kappa shape index (κ3) is 6.60.